The van der Waals surface area contributed by atoms with Crippen LogP contribution >= 0.6 is 0 Å². The molecule has 0 bridgehead atoms. The minimum atomic E-state index is -4.79. The second-order valence-electron chi connectivity index (χ2n) is 5.57. The van der Waals surface area contributed by atoms with E-state index < -0.39 is 21.9 Å². The molecule has 0 atom stereocenters. The van der Waals surface area contributed by atoms with Gasteiger partial charge in [0, 0.05) is 6.54 Å². The Morgan fingerprint density at radius 1 is 1.35 bits per heavy atom. The Morgan fingerprint density at radius 3 is 2.55 bits per heavy atom. The molecule has 1 aromatic rings. The smallest absolute Gasteiger partial charge is 0.414 e. The molecule has 7 heteroatoms. The second-order valence-corrected chi connectivity index (χ2v) is 6.89. The Kier molecular flexibility index (Phi) is 3.49. The van der Waals surface area contributed by atoms with Gasteiger partial charge in [-0.25, -0.2) is 4.79 Å². The highest BCUT2D eigenvalue weighted by molar-refractivity contribution is 7.86. The maximum absolute atomic E-state index is 13.2. The molecule has 1 heterocycles. The molecule has 110 valence electrons. The third kappa shape index (κ3) is 2.92. The third-order valence-corrected chi connectivity index (χ3v) is 3.77. The average Bonchev–Trinajstić information content (AvgIpc) is 2.68. The second kappa shape index (κ2) is 4.73. The molecule has 0 saturated heterocycles. The fourth-order valence-corrected chi connectivity index (χ4v) is 2.88. The molecule has 1 aliphatic heterocycles. The van der Waals surface area contributed by atoms with E-state index in [1.54, 1.807) is 26.8 Å². The van der Waals surface area contributed by atoms with E-state index in [0.29, 0.717) is 11.3 Å². The molecule has 0 saturated carbocycles. The van der Waals surface area contributed by atoms with E-state index in [9.17, 15) is 17.1 Å². The van der Waals surface area contributed by atoms with Crippen molar-refractivity contribution >= 4 is 22.0 Å². The van der Waals surface area contributed by atoms with Crippen molar-refractivity contribution in [3.8, 4) is 0 Å². The van der Waals surface area contributed by atoms with Crippen LogP contribution in [-0.4, -0.2) is 26.7 Å². The number of amides is 1. The molecule has 0 unspecified atom stereocenters. The lowest BCUT2D eigenvalue weighted by molar-refractivity contribution is 0.0584. The summed E-state index contributed by atoms with van der Waals surface area (Å²) in [5.74, 6) is 0. The zero-order chi connectivity index (χ0) is 15.1. The Morgan fingerprint density at radius 2 is 2.00 bits per heavy atom. The molecule has 2 rings (SSSR count). The number of benzene rings is 1. The molecule has 0 aromatic heterocycles. The van der Waals surface area contributed by atoms with Gasteiger partial charge in [0.15, 0.2) is 0 Å². The standard InChI is InChI=1S/C13H16FNO4S/c1-13(2,3)19-12(16)15-8-7-9-10(15)5-4-6-11(9)20(14,17)18/h4-6H,7-8H2,1-3H3. The molecule has 0 spiro atoms. The number of hydrogen-bond donors (Lipinski definition) is 0. The summed E-state index contributed by atoms with van der Waals surface area (Å²) in [6.45, 7) is 5.50. The van der Waals surface area contributed by atoms with Crippen LogP contribution in [0.25, 0.3) is 0 Å². The largest absolute Gasteiger partial charge is 0.443 e. The highest BCUT2D eigenvalue weighted by Gasteiger charge is 2.32. The quantitative estimate of drug-likeness (QED) is 0.748. The predicted octanol–water partition coefficient (Wildman–Crippen LogP) is 2.64. The summed E-state index contributed by atoms with van der Waals surface area (Å²) >= 11 is 0. The summed E-state index contributed by atoms with van der Waals surface area (Å²) in [5.41, 5.74) is 0.0581. The maximum atomic E-state index is 13.2. The number of carbonyl (C=O) groups excluding carboxylic acids is 1. The Hall–Kier alpha value is -1.63. The van der Waals surface area contributed by atoms with Crippen molar-refractivity contribution < 1.29 is 21.8 Å². The Balaban J connectivity index is 2.38. The number of hydrogen-bond acceptors (Lipinski definition) is 4. The topological polar surface area (TPSA) is 63.7 Å². The van der Waals surface area contributed by atoms with Gasteiger partial charge < -0.3 is 4.74 Å². The van der Waals surface area contributed by atoms with E-state index in [4.69, 9.17) is 4.74 Å². The SMILES string of the molecule is CC(C)(C)OC(=O)N1CCc2c1cccc2S(=O)(=O)F. The van der Waals surface area contributed by atoms with Crippen LogP contribution in [-0.2, 0) is 21.4 Å². The molecule has 0 fully saturated rings. The minimum Gasteiger partial charge on any atom is -0.443 e. The van der Waals surface area contributed by atoms with Crippen LogP contribution in [0.5, 0.6) is 0 Å². The van der Waals surface area contributed by atoms with Crippen LogP contribution in [0.4, 0.5) is 14.4 Å². The highest BCUT2D eigenvalue weighted by atomic mass is 32.3. The fourth-order valence-electron chi connectivity index (χ4n) is 2.14. The molecule has 0 radical (unpaired) electrons. The molecular formula is C13H16FNO4S. The van der Waals surface area contributed by atoms with E-state index in [1.165, 1.54) is 17.0 Å². The highest BCUT2D eigenvalue weighted by Crippen LogP contribution is 2.34. The molecule has 0 aliphatic carbocycles. The molecule has 1 amide bonds. The number of carbonyl (C=O) groups is 1. The summed E-state index contributed by atoms with van der Waals surface area (Å²) in [6.07, 6.45) is -0.280. The van der Waals surface area contributed by atoms with Crippen LogP contribution in [0.2, 0.25) is 0 Å². The molecule has 20 heavy (non-hydrogen) atoms. The first-order valence-corrected chi connectivity index (χ1v) is 7.55. The first-order chi connectivity index (χ1) is 9.09. The van der Waals surface area contributed by atoms with Crippen LogP contribution in [0.15, 0.2) is 23.1 Å². The van der Waals surface area contributed by atoms with Crippen molar-refractivity contribution in [1.29, 1.82) is 0 Å². The normalized spacial score (nSPS) is 15.1. The van der Waals surface area contributed by atoms with E-state index in [0.717, 1.165) is 0 Å². The molecule has 5 nitrogen and oxygen atoms in total. The van der Waals surface area contributed by atoms with Crippen molar-refractivity contribution in [2.24, 2.45) is 0 Å². The van der Waals surface area contributed by atoms with Gasteiger partial charge in [-0.15, -0.1) is 3.89 Å². The van der Waals surface area contributed by atoms with Gasteiger partial charge in [0.05, 0.1) is 5.69 Å². The van der Waals surface area contributed by atoms with Gasteiger partial charge in [-0.2, -0.15) is 8.42 Å². The van der Waals surface area contributed by atoms with Crippen molar-refractivity contribution in [3.05, 3.63) is 23.8 Å². The van der Waals surface area contributed by atoms with Gasteiger partial charge >= 0.3 is 16.3 Å². The monoisotopic (exact) mass is 301 g/mol. The number of anilines is 1. The minimum absolute atomic E-state index is 0.275. The van der Waals surface area contributed by atoms with Crippen LogP contribution in [0.3, 0.4) is 0 Å². The lowest BCUT2D eigenvalue weighted by Crippen LogP contribution is -2.35. The van der Waals surface area contributed by atoms with E-state index in [1.807, 2.05) is 0 Å². The van der Waals surface area contributed by atoms with Crippen molar-refractivity contribution in [1.82, 2.24) is 0 Å². The summed E-state index contributed by atoms with van der Waals surface area (Å²) in [7, 11) is -4.79. The lowest BCUT2D eigenvalue weighted by atomic mass is 10.2. The number of ether oxygens (including phenoxy) is 1. The lowest BCUT2D eigenvalue weighted by Gasteiger charge is -2.24. The van der Waals surface area contributed by atoms with Gasteiger partial charge in [-0.3, -0.25) is 4.90 Å². The van der Waals surface area contributed by atoms with Gasteiger partial charge in [-0.1, -0.05) is 6.07 Å². The molecule has 0 N–H and O–H groups in total. The maximum Gasteiger partial charge on any atom is 0.414 e. The predicted molar refractivity (Wildman–Crippen MR) is 72.0 cm³/mol. The van der Waals surface area contributed by atoms with Gasteiger partial charge in [-0.05, 0) is 44.9 Å². The van der Waals surface area contributed by atoms with Crippen molar-refractivity contribution in [2.45, 2.75) is 37.7 Å². The summed E-state index contributed by atoms with van der Waals surface area (Å²) in [4.78, 5) is 13.0. The van der Waals surface area contributed by atoms with Crippen LogP contribution < -0.4 is 4.90 Å². The summed E-state index contributed by atoms with van der Waals surface area (Å²) in [5, 5.41) is 0. The molecule has 1 aliphatic rings. The Labute approximate surface area is 117 Å². The molecule has 1 aromatic carbocycles. The fraction of sp³-hybridized carbons (Fsp3) is 0.462. The Bertz CT molecular complexity index is 649. The number of halogens is 1. The number of nitrogens with zero attached hydrogens (tertiary/aromatic N) is 1. The first-order valence-electron chi connectivity index (χ1n) is 6.17. The van der Waals surface area contributed by atoms with E-state index in [2.05, 4.69) is 0 Å². The third-order valence-electron chi connectivity index (χ3n) is 2.86. The van der Waals surface area contributed by atoms with Crippen LogP contribution in [0, 0.1) is 0 Å². The number of rotatable bonds is 1. The van der Waals surface area contributed by atoms with E-state index >= 15 is 0 Å². The first kappa shape index (κ1) is 14.8. The van der Waals surface area contributed by atoms with Crippen molar-refractivity contribution in [2.75, 3.05) is 11.4 Å². The zero-order valence-corrected chi connectivity index (χ0v) is 12.3. The van der Waals surface area contributed by atoms with Gasteiger partial charge in [0.2, 0.25) is 0 Å². The van der Waals surface area contributed by atoms with Gasteiger partial charge in [0.1, 0.15) is 10.5 Å². The number of fused-ring (bicyclic) bond motifs is 1. The van der Waals surface area contributed by atoms with Crippen LogP contribution in [0.1, 0.15) is 26.3 Å². The molecular weight excluding hydrogens is 285 g/mol. The summed E-state index contributed by atoms with van der Waals surface area (Å²) in [6, 6.07) is 4.20. The van der Waals surface area contributed by atoms with E-state index in [-0.39, 0.29) is 17.9 Å². The van der Waals surface area contributed by atoms with Crippen molar-refractivity contribution in [3.63, 3.8) is 0 Å². The zero-order valence-electron chi connectivity index (χ0n) is 11.5. The van der Waals surface area contributed by atoms with Gasteiger partial charge in [0.25, 0.3) is 0 Å². The summed E-state index contributed by atoms with van der Waals surface area (Å²) < 4.78 is 40.7. The average molecular weight is 301 g/mol.